The summed E-state index contributed by atoms with van der Waals surface area (Å²) in [6.07, 6.45) is 1.68. The third kappa shape index (κ3) is 4.16. The third-order valence-electron chi connectivity index (χ3n) is 3.10. The van der Waals surface area contributed by atoms with Crippen molar-refractivity contribution < 1.29 is 18.6 Å². The predicted molar refractivity (Wildman–Crippen MR) is 80.0 cm³/mol. The van der Waals surface area contributed by atoms with Crippen molar-refractivity contribution in [1.82, 2.24) is 5.32 Å². The number of rotatable bonds is 8. The minimum Gasteiger partial charge on any atom is -0.496 e. The van der Waals surface area contributed by atoms with Crippen molar-refractivity contribution in [3.8, 4) is 17.2 Å². The number of hydrogen-bond donors (Lipinski definition) is 1. The van der Waals surface area contributed by atoms with Gasteiger partial charge in [-0.3, -0.25) is 0 Å². The highest BCUT2D eigenvalue weighted by Gasteiger charge is 2.08. The molecule has 0 aliphatic carbocycles. The molecular weight excluding hydrogens is 270 g/mol. The smallest absolute Gasteiger partial charge is 0.146 e. The van der Waals surface area contributed by atoms with Crippen LogP contribution in [-0.2, 0) is 13.2 Å². The SMILES string of the molecule is CCNCc1ccoc1COc1cc(OC)cc(OC)c1. The molecule has 2 aromatic rings. The fraction of sp³-hybridized carbons (Fsp3) is 0.375. The first-order valence-corrected chi connectivity index (χ1v) is 6.88. The van der Waals surface area contributed by atoms with Crippen molar-refractivity contribution in [2.75, 3.05) is 20.8 Å². The number of nitrogens with one attached hydrogen (secondary N) is 1. The van der Waals surface area contributed by atoms with Crippen molar-refractivity contribution >= 4 is 0 Å². The maximum atomic E-state index is 5.77. The molecule has 0 aliphatic rings. The van der Waals surface area contributed by atoms with Crippen LogP contribution >= 0.6 is 0 Å². The van der Waals surface area contributed by atoms with Gasteiger partial charge in [0.05, 0.1) is 20.5 Å². The van der Waals surface area contributed by atoms with E-state index >= 15 is 0 Å². The largest absolute Gasteiger partial charge is 0.496 e. The van der Waals surface area contributed by atoms with Crippen molar-refractivity contribution in [3.63, 3.8) is 0 Å². The van der Waals surface area contributed by atoms with Crippen LogP contribution in [-0.4, -0.2) is 20.8 Å². The summed E-state index contributed by atoms with van der Waals surface area (Å²) in [6.45, 7) is 4.12. The van der Waals surface area contributed by atoms with Crippen LogP contribution in [0.15, 0.2) is 34.9 Å². The Morgan fingerprint density at radius 2 is 1.71 bits per heavy atom. The Morgan fingerprint density at radius 3 is 2.33 bits per heavy atom. The second-order valence-electron chi connectivity index (χ2n) is 4.49. The highest BCUT2D eigenvalue weighted by Crippen LogP contribution is 2.28. The molecular formula is C16H21NO4. The summed E-state index contributed by atoms with van der Waals surface area (Å²) in [5, 5.41) is 3.27. The maximum absolute atomic E-state index is 5.77. The van der Waals surface area contributed by atoms with Gasteiger partial charge in [0, 0.05) is 30.3 Å². The fourth-order valence-electron chi connectivity index (χ4n) is 1.92. The minimum atomic E-state index is 0.365. The van der Waals surface area contributed by atoms with Gasteiger partial charge in [0.15, 0.2) is 0 Å². The molecule has 0 saturated carbocycles. The zero-order valence-corrected chi connectivity index (χ0v) is 12.6. The molecule has 1 heterocycles. The Bertz CT molecular complexity index is 543. The lowest BCUT2D eigenvalue weighted by Crippen LogP contribution is -2.12. The molecule has 0 amide bonds. The van der Waals surface area contributed by atoms with Crippen molar-refractivity contribution in [2.45, 2.75) is 20.1 Å². The highest BCUT2D eigenvalue weighted by atomic mass is 16.5. The Labute approximate surface area is 124 Å². The zero-order valence-electron chi connectivity index (χ0n) is 12.6. The molecule has 1 aromatic carbocycles. The summed E-state index contributed by atoms with van der Waals surface area (Å²) < 4.78 is 21.7. The minimum absolute atomic E-state index is 0.365. The first-order chi connectivity index (χ1) is 10.3. The molecule has 0 spiro atoms. The summed E-state index contributed by atoms with van der Waals surface area (Å²) in [5.74, 6) is 2.88. The van der Waals surface area contributed by atoms with Gasteiger partial charge in [0.1, 0.15) is 29.6 Å². The summed E-state index contributed by atoms with van der Waals surface area (Å²) in [7, 11) is 3.22. The van der Waals surface area contributed by atoms with E-state index in [1.807, 2.05) is 18.2 Å². The average molecular weight is 291 g/mol. The molecule has 0 bridgehead atoms. The first kappa shape index (κ1) is 15.3. The molecule has 2 rings (SSSR count). The van der Waals surface area contributed by atoms with E-state index in [1.54, 1.807) is 26.5 Å². The Hall–Kier alpha value is -2.14. The van der Waals surface area contributed by atoms with E-state index in [2.05, 4.69) is 12.2 Å². The van der Waals surface area contributed by atoms with Crippen LogP contribution < -0.4 is 19.5 Å². The fourth-order valence-corrected chi connectivity index (χ4v) is 1.92. The molecule has 0 saturated heterocycles. The predicted octanol–water partition coefficient (Wildman–Crippen LogP) is 2.99. The van der Waals surface area contributed by atoms with Crippen molar-refractivity contribution in [1.29, 1.82) is 0 Å². The molecule has 0 radical (unpaired) electrons. The number of methoxy groups -OCH3 is 2. The topological polar surface area (TPSA) is 52.9 Å². The number of hydrogen-bond acceptors (Lipinski definition) is 5. The molecule has 114 valence electrons. The summed E-state index contributed by atoms with van der Waals surface area (Å²) >= 11 is 0. The van der Waals surface area contributed by atoms with Gasteiger partial charge in [-0.15, -0.1) is 0 Å². The van der Waals surface area contributed by atoms with E-state index in [9.17, 15) is 0 Å². The van der Waals surface area contributed by atoms with Crippen LogP contribution in [0.25, 0.3) is 0 Å². The molecule has 1 aromatic heterocycles. The maximum Gasteiger partial charge on any atom is 0.146 e. The average Bonchev–Trinajstić information content (AvgIpc) is 2.97. The van der Waals surface area contributed by atoms with Gasteiger partial charge in [-0.05, 0) is 12.6 Å². The molecule has 0 unspecified atom stereocenters. The van der Waals surface area contributed by atoms with E-state index in [-0.39, 0.29) is 0 Å². The first-order valence-electron chi connectivity index (χ1n) is 6.88. The van der Waals surface area contributed by atoms with Crippen molar-refractivity contribution in [2.24, 2.45) is 0 Å². The second kappa shape index (κ2) is 7.59. The summed E-state index contributed by atoms with van der Waals surface area (Å²) in [4.78, 5) is 0. The van der Waals surface area contributed by atoms with Crippen LogP contribution in [0.4, 0.5) is 0 Å². The Balaban J connectivity index is 2.04. The Morgan fingerprint density at radius 1 is 1.05 bits per heavy atom. The second-order valence-corrected chi connectivity index (χ2v) is 4.49. The quantitative estimate of drug-likeness (QED) is 0.810. The van der Waals surface area contributed by atoms with Gasteiger partial charge in [0.2, 0.25) is 0 Å². The lowest BCUT2D eigenvalue weighted by Gasteiger charge is -2.10. The lowest BCUT2D eigenvalue weighted by molar-refractivity contribution is 0.265. The molecule has 5 nitrogen and oxygen atoms in total. The van der Waals surface area contributed by atoms with Gasteiger partial charge in [-0.2, -0.15) is 0 Å². The summed E-state index contributed by atoms with van der Waals surface area (Å²) in [5.41, 5.74) is 1.10. The van der Waals surface area contributed by atoms with Gasteiger partial charge in [-0.25, -0.2) is 0 Å². The zero-order chi connectivity index (χ0) is 15.1. The van der Waals surface area contributed by atoms with Crippen LogP contribution in [0.2, 0.25) is 0 Å². The molecule has 5 heteroatoms. The van der Waals surface area contributed by atoms with E-state index in [1.165, 1.54) is 0 Å². The van der Waals surface area contributed by atoms with Gasteiger partial charge < -0.3 is 23.9 Å². The molecule has 1 N–H and O–H groups in total. The molecule has 0 aliphatic heterocycles. The van der Waals surface area contributed by atoms with E-state index in [4.69, 9.17) is 18.6 Å². The van der Waals surface area contributed by atoms with E-state index in [0.29, 0.717) is 23.9 Å². The normalized spacial score (nSPS) is 10.4. The van der Waals surface area contributed by atoms with Gasteiger partial charge in [-0.1, -0.05) is 6.92 Å². The Kier molecular flexibility index (Phi) is 5.51. The van der Waals surface area contributed by atoms with Crippen LogP contribution in [0.3, 0.4) is 0 Å². The van der Waals surface area contributed by atoms with Gasteiger partial charge in [0.25, 0.3) is 0 Å². The number of benzene rings is 1. The number of ether oxygens (including phenoxy) is 3. The number of furan rings is 1. The van der Waals surface area contributed by atoms with Crippen LogP contribution in [0.5, 0.6) is 17.2 Å². The standard InChI is InChI=1S/C16H21NO4/c1-4-17-10-12-5-6-20-16(12)11-21-15-8-13(18-2)7-14(9-15)19-3/h5-9,17H,4,10-11H2,1-3H3. The molecule has 21 heavy (non-hydrogen) atoms. The van der Waals surface area contributed by atoms with Crippen LogP contribution in [0.1, 0.15) is 18.2 Å². The molecule has 0 atom stereocenters. The summed E-state index contributed by atoms with van der Waals surface area (Å²) in [6, 6.07) is 7.38. The highest BCUT2D eigenvalue weighted by molar-refractivity contribution is 5.42. The molecule has 0 fully saturated rings. The monoisotopic (exact) mass is 291 g/mol. The van der Waals surface area contributed by atoms with Crippen LogP contribution in [0, 0.1) is 0 Å². The van der Waals surface area contributed by atoms with Gasteiger partial charge >= 0.3 is 0 Å². The van der Waals surface area contributed by atoms with Crippen molar-refractivity contribution in [3.05, 3.63) is 41.9 Å². The van der Waals surface area contributed by atoms with E-state index < -0.39 is 0 Å². The van der Waals surface area contributed by atoms with E-state index in [0.717, 1.165) is 24.4 Å². The lowest BCUT2D eigenvalue weighted by atomic mass is 10.2. The third-order valence-corrected chi connectivity index (χ3v) is 3.10.